The molecule has 1 aliphatic heterocycles. The molecule has 7 nitrogen and oxygen atoms in total. The summed E-state index contributed by atoms with van der Waals surface area (Å²) in [6.07, 6.45) is 5.43. The van der Waals surface area contributed by atoms with Crippen molar-refractivity contribution in [2.75, 3.05) is 19.6 Å². The van der Waals surface area contributed by atoms with Crippen LogP contribution in [0.2, 0.25) is 0 Å². The SMILES string of the molecule is N#CCCn1cnnc1C1CCN(CCc2ccc(Oc3nc4ccccc4s3)cc2)CC1. The number of hydrogen-bond acceptors (Lipinski definition) is 7. The van der Waals surface area contributed by atoms with Gasteiger partial charge in [0, 0.05) is 19.0 Å². The summed E-state index contributed by atoms with van der Waals surface area (Å²) in [6, 6.07) is 18.6. The van der Waals surface area contributed by atoms with E-state index in [0.717, 1.165) is 60.7 Å². The number of piperidine rings is 1. The number of fused-ring (bicyclic) bond motifs is 1. The fourth-order valence-electron chi connectivity index (χ4n) is 4.34. The molecule has 0 aliphatic carbocycles. The molecule has 0 atom stereocenters. The minimum atomic E-state index is 0.432. The maximum Gasteiger partial charge on any atom is 0.279 e. The lowest BCUT2D eigenvalue weighted by atomic mass is 9.95. The Labute approximate surface area is 197 Å². The van der Waals surface area contributed by atoms with E-state index in [0.29, 0.717) is 24.1 Å². The van der Waals surface area contributed by atoms with Crippen LogP contribution in [0.25, 0.3) is 10.2 Å². The van der Waals surface area contributed by atoms with Crippen LogP contribution in [0.15, 0.2) is 54.9 Å². The summed E-state index contributed by atoms with van der Waals surface area (Å²) in [5, 5.41) is 17.9. The predicted octanol–water partition coefficient (Wildman–Crippen LogP) is 5.02. The minimum absolute atomic E-state index is 0.432. The lowest BCUT2D eigenvalue weighted by Gasteiger charge is -2.31. The molecule has 2 aromatic heterocycles. The fourth-order valence-corrected chi connectivity index (χ4v) is 5.18. The van der Waals surface area contributed by atoms with Gasteiger partial charge in [-0.15, -0.1) is 10.2 Å². The second-order valence-corrected chi connectivity index (χ2v) is 9.34. The van der Waals surface area contributed by atoms with Crippen molar-refractivity contribution >= 4 is 21.6 Å². The molecule has 0 amide bonds. The summed E-state index contributed by atoms with van der Waals surface area (Å²) in [5.41, 5.74) is 2.28. The van der Waals surface area contributed by atoms with Gasteiger partial charge in [0.05, 0.1) is 22.7 Å². The van der Waals surface area contributed by atoms with Gasteiger partial charge in [0.15, 0.2) is 0 Å². The second kappa shape index (κ2) is 10.1. The van der Waals surface area contributed by atoms with Crippen LogP contribution in [0.1, 0.15) is 36.6 Å². The van der Waals surface area contributed by atoms with E-state index in [1.165, 1.54) is 5.56 Å². The number of benzene rings is 2. The Kier molecular flexibility index (Phi) is 6.61. The topological polar surface area (TPSA) is 79.9 Å². The summed E-state index contributed by atoms with van der Waals surface area (Å²) in [4.78, 5) is 7.06. The molecule has 1 saturated heterocycles. The van der Waals surface area contributed by atoms with Gasteiger partial charge in [-0.05, 0) is 62.2 Å². The van der Waals surface area contributed by atoms with Crippen LogP contribution in [0, 0.1) is 11.3 Å². The lowest BCUT2D eigenvalue weighted by molar-refractivity contribution is 0.209. The maximum atomic E-state index is 8.84. The second-order valence-electron chi connectivity index (χ2n) is 8.35. The Morgan fingerprint density at radius 3 is 2.67 bits per heavy atom. The van der Waals surface area contributed by atoms with Gasteiger partial charge in [-0.25, -0.2) is 4.98 Å². The molecule has 1 aliphatic rings. The summed E-state index contributed by atoms with van der Waals surface area (Å²) >= 11 is 1.56. The van der Waals surface area contributed by atoms with Crippen LogP contribution >= 0.6 is 11.3 Å². The van der Waals surface area contributed by atoms with Crippen molar-refractivity contribution in [2.45, 2.75) is 38.1 Å². The van der Waals surface area contributed by atoms with Crippen LogP contribution in [-0.4, -0.2) is 44.3 Å². The van der Waals surface area contributed by atoms with Crippen molar-refractivity contribution in [3.8, 4) is 17.0 Å². The quantitative estimate of drug-likeness (QED) is 0.369. The predicted molar refractivity (Wildman–Crippen MR) is 129 cm³/mol. The van der Waals surface area contributed by atoms with E-state index in [2.05, 4.69) is 44.3 Å². The highest BCUT2D eigenvalue weighted by Gasteiger charge is 2.24. The molecule has 5 rings (SSSR count). The van der Waals surface area contributed by atoms with E-state index in [1.807, 2.05) is 34.9 Å². The van der Waals surface area contributed by atoms with Crippen molar-refractivity contribution in [2.24, 2.45) is 0 Å². The van der Waals surface area contributed by atoms with E-state index in [1.54, 1.807) is 17.7 Å². The summed E-state index contributed by atoms with van der Waals surface area (Å²) in [7, 11) is 0. The molecule has 0 spiro atoms. The summed E-state index contributed by atoms with van der Waals surface area (Å²) < 4.78 is 9.14. The van der Waals surface area contributed by atoms with Crippen molar-refractivity contribution in [3.63, 3.8) is 0 Å². The minimum Gasteiger partial charge on any atom is -0.431 e. The molecule has 4 aromatic rings. The normalized spacial score (nSPS) is 15.0. The Morgan fingerprint density at radius 2 is 1.88 bits per heavy atom. The molecular weight excluding hydrogens is 432 g/mol. The zero-order valence-corrected chi connectivity index (χ0v) is 19.2. The van der Waals surface area contributed by atoms with Gasteiger partial charge >= 0.3 is 0 Å². The number of thiazole rings is 1. The average Bonchev–Trinajstić information content (AvgIpc) is 3.49. The van der Waals surface area contributed by atoms with Crippen LogP contribution in [-0.2, 0) is 13.0 Å². The number of nitrogens with zero attached hydrogens (tertiary/aromatic N) is 6. The number of ether oxygens (including phenoxy) is 1. The Bertz CT molecular complexity index is 1200. The van der Waals surface area contributed by atoms with Crippen LogP contribution < -0.4 is 4.74 Å². The lowest BCUT2D eigenvalue weighted by Crippen LogP contribution is -2.35. The molecule has 0 bridgehead atoms. The maximum absolute atomic E-state index is 8.84. The van der Waals surface area contributed by atoms with Crippen molar-refractivity contribution in [3.05, 3.63) is 66.2 Å². The monoisotopic (exact) mass is 458 g/mol. The number of aryl methyl sites for hydroxylation is 1. The standard InChI is InChI=1S/C25H26N6OS/c26-13-3-14-31-18-27-29-24(31)20-11-16-30(17-12-20)15-10-19-6-8-21(9-7-19)32-25-28-22-4-1-2-5-23(22)33-25/h1-2,4-9,18,20H,3,10-12,14-17H2. The first-order valence-corrected chi connectivity index (χ1v) is 12.2. The number of aromatic nitrogens is 4. The van der Waals surface area contributed by atoms with Gasteiger partial charge in [0.1, 0.15) is 17.9 Å². The third kappa shape index (κ3) is 5.21. The molecule has 33 heavy (non-hydrogen) atoms. The smallest absolute Gasteiger partial charge is 0.279 e. The average molecular weight is 459 g/mol. The van der Waals surface area contributed by atoms with Gasteiger partial charge in [-0.1, -0.05) is 35.6 Å². The largest absolute Gasteiger partial charge is 0.431 e. The number of hydrogen-bond donors (Lipinski definition) is 0. The molecule has 0 radical (unpaired) electrons. The number of rotatable bonds is 8. The molecule has 2 aromatic carbocycles. The molecule has 168 valence electrons. The van der Waals surface area contributed by atoms with Crippen LogP contribution in [0.5, 0.6) is 10.9 Å². The fraction of sp³-hybridized carbons (Fsp3) is 0.360. The van der Waals surface area contributed by atoms with E-state index >= 15 is 0 Å². The van der Waals surface area contributed by atoms with Gasteiger partial charge in [-0.2, -0.15) is 5.26 Å². The molecule has 3 heterocycles. The van der Waals surface area contributed by atoms with Crippen molar-refractivity contribution in [1.82, 2.24) is 24.6 Å². The van der Waals surface area contributed by atoms with Crippen LogP contribution in [0.4, 0.5) is 0 Å². The summed E-state index contributed by atoms with van der Waals surface area (Å²) in [5.74, 6) is 2.29. The third-order valence-corrected chi connectivity index (χ3v) is 7.10. The van der Waals surface area contributed by atoms with Gasteiger partial charge in [-0.3, -0.25) is 0 Å². The van der Waals surface area contributed by atoms with Crippen molar-refractivity contribution < 1.29 is 4.74 Å². The van der Waals surface area contributed by atoms with Gasteiger partial charge in [0.25, 0.3) is 5.19 Å². The highest BCUT2D eigenvalue weighted by molar-refractivity contribution is 7.20. The summed E-state index contributed by atoms with van der Waals surface area (Å²) in [6.45, 7) is 3.85. The number of nitriles is 1. The highest BCUT2D eigenvalue weighted by Crippen LogP contribution is 2.31. The van der Waals surface area contributed by atoms with Gasteiger partial charge < -0.3 is 14.2 Å². The first kappa shape index (κ1) is 21.6. The Hall–Kier alpha value is -3.28. The van der Waals surface area contributed by atoms with Crippen LogP contribution in [0.3, 0.4) is 0 Å². The van der Waals surface area contributed by atoms with Gasteiger partial charge in [0.2, 0.25) is 0 Å². The number of likely N-dealkylation sites (tertiary alicyclic amines) is 1. The van der Waals surface area contributed by atoms with E-state index in [4.69, 9.17) is 10.00 Å². The van der Waals surface area contributed by atoms with E-state index in [9.17, 15) is 0 Å². The van der Waals surface area contributed by atoms with Crippen molar-refractivity contribution in [1.29, 1.82) is 5.26 Å². The molecule has 0 saturated carbocycles. The highest BCUT2D eigenvalue weighted by atomic mass is 32.1. The van der Waals surface area contributed by atoms with E-state index < -0.39 is 0 Å². The first-order valence-electron chi connectivity index (χ1n) is 11.4. The first-order chi connectivity index (χ1) is 16.3. The molecule has 8 heteroatoms. The zero-order valence-electron chi connectivity index (χ0n) is 18.4. The molecule has 0 unspecified atom stereocenters. The molecule has 1 fully saturated rings. The molecule has 0 N–H and O–H groups in total. The number of para-hydroxylation sites is 1. The molecular formula is C25H26N6OS. The van der Waals surface area contributed by atoms with E-state index in [-0.39, 0.29) is 0 Å². The zero-order chi connectivity index (χ0) is 22.5. The Balaban J connectivity index is 1.10. The third-order valence-electron chi connectivity index (χ3n) is 6.18. The Morgan fingerprint density at radius 1 is 1.06 bits per heavy atom.